The molecule has 0 bridgehead atoms. The minimum atomic E-state index is -0.946. The van der Waals surface area contributed by atoms with Crippen LogP contribution in [0, 0.1) is 0 Å². The van der Waals surface area contributed by atoms with E-state index in [1.807, 2.05) is 18.2 Å². The molecule has 0 N–H and O–H groups in total. The van der Waals surface area contributed by atoms with Gasteiger partial charge in [-0.3, -0.25) is 19.3 Å². The van der Waals surface area contributed by atoms with E-state index in [4.69, 9.17) is 21.1 Å². The van der Waals surface area contributed by atoms with E-state index in [1.54, 1.807) is 67.7 Å². The number of ether oxygens (including phenoxy) is 2. The Kier molecular flexibility index (Phi) is 5.49. The molecule has 1 saturated heterocycles. The SMILES string of the molecule is COc1ccc(CN2C(=O)[C@@H](N3C(=O)c4ccccc4C3=O)[C@H]2c2ccc(Cl)cc2)c(OC)c1. The van der Waals surface area contributed by atoms with Crippen LogP contribution in [-0.4, -0.2) is 47.8 Å². The molecule has 0 spiro atoms. The summed E-state index contributed by atoms with van der Waals surface area (Å²) in [5.74, 6) is -0.0219. The van der Waals surface area contributed by atoms with E-state index >= 15 is 0 Å². The number of fused-ring (bicyclic) bond motifs is 1. The first-order valence-corrected chi connectivity index (χ1v) is 11.1. The van der Waals surface area contributed by atoms with E-state index in [9.17, 15) is 14.4 Å². The van der Waals surface area contributed by atoms with Crippen LogP contribution >= 0.6 is 11.6 Å². The monoisotopic (exact) mass is 476 g/mol. The fourth-order valence-corrected chi connectivity index (χ4v) is 4.73. The predicted octanol–water partition coefficient (Wildman–Crippen LogP) is 4.11. The molecule has 0 radical (unpaired) electrons. The summed E-state index contributed by atoms with van der Waals surface area (Å²) < 4.78 is 10.8. The zero-order valence-corrected chi connectivity index (χ0v) is 19.3. The number of hydrogen-bond acceptors (Lipinski definition) is 5. The van der Waals surface area contributed by atoms with Gasteiger partial charge in [-0.05, 0) is 42.0 Å². The third-order valence-corrected chi connectivity index (χ3v) is 6.57. The zero-order chi connectivity index (χ0) is 24.0. The summed E-state index contributed by atoms with van der Waals surface area (Å²) in [6.45, 7) is 0.235. The van der Waals surface area contributed by atoms with Crippen molar-refractivity contribution in [1.29, 1.82) is 0 Å². The first-order chi connectivity index (χ1) is 16.4. The normalized spacial score (nSPS) is 19.2. The zero-order valence-electron chi connectivity index (χ0n) is 18.5. The third-order valence-electron chi connectivity index (χ3n) is 6.32. The lowest BCUT2D eigenvalue weighted by atomic mass is 9.86. The lowest BCUT2D eigenvalue weighted by molar-refractivity contribution is -0.157. The molecule has 0 unspecified atom stereocenters. The van der Waals surface area contributed by atoms with Gasteiger partial charge in [-0.25, -0.2) is 0 Å². The van der Waals surface area contributed by atoms with Gasteiger partial charge < -0.3 is 14.4 Å². The summed E-state index contributed by atoms with van der Waals surface area (Å²) >= 11 is 6.08. The van der Waals surface area contributed by atoms with Crippen molar-refractivity contribution in [2.24, 2.45) is 0 Å². The highest BCUT2D eigenvalue weighted by molar-refractivity contribution is 6.30. The number of methoxy groups -OCH3 is 2. The minimum absolute atomic E-state index is 0.235. The van der Waals surface area contributed by atoms with Gasteiger partial charge in [0.05, 0.1) is 37.9 Å². The molecular weight excluding hydrogens is 456 g/mol. The van der Waals surface area contributed by atoms with E-state index in [1.165, 1.54) is 0 Å². The van der Waals surface area contributed by atoms with Crippen molar-refractivity contribution < 1.29 is 23.9 Å². The maximum absolute atomic E-state index is 13.5. The van der Waals surface area contributed by atoms with E-state index in [0.717, 1.165) is 16.0 Å². The van der Waals surface area contributed by atoms with E-state index in [0.29, 0.717) is 27.6 Å². The topological polar surface area (TPSA) is 76.2 Å². The third kappa shape index (κ3) is 3.40. The van der Waals surface area contributed by atoms with Crippen molar-refractivity contribution in [3.63, 3.8) is 0 Å². The number of likely N-dealkylation sites (tertiary alicyclic amines) is 1. The Hall–Kier alpha value is -3.84. The van der Waals surface area contributed by atoms with E-state index in [2.05, 4.69) is 0 Å². The molecule has 5 rings (SSSR count). The van der Waals surface area contributed by atoms with Gasteiger partial charge in [0, 0.05) is 16.7 Å². The molecule has 2 heterocycles. The second-order valence-electron chi connectivity index (χ2n) is 8.11. The van der Waals surface area contributed by atoms with Crippen LogP contribution in [0.25, 0.3) is 0 Å². The highest BCUT2D eigenvalue weighted by Crippen LogP contribution is 2.43. The van der Waals surface area contributed by atoms with Crippen LogP contribution in [-0.2, 0) is 11.3 Å². The summed E-state index contributed by atoms with van der Waals surface area (Å²) in [6, 6.07) is 17.6. The molecule has 0 aromatic heterocycles. The van der Waals surface area contributed by atoms with Crippen molar-refractivity contribution in [2.75, 3.05) is 14.2 Å². The van der Waals surface area contributed by atoms with Gasteiger partial charge in [-0.15, -0.1) is 0 Å². The summed E-state index contributed by atoms with van der Waals surface area (Å²) in [6.07, 6.45) is 0. The number of nitrogens with zero attached hydrogens (tertiary/aromatic N) is 2. The van der Waals surface area contributed by atoms with Crippen molar-refractivity contribution in [3.05, 3.63) is 94.0 Å². The predicted molar refractivity (Wildman–Crippen MR) is 125 cm³/mol. The summed E-state index contributed by atoms with van der Waals surface area (Å²) in [7, 11) is 3.12. The molecule has 3 amide bonds. The van der Waals surface area contributed by atoms with Crippen LogP contribution in [0.4, 0.5) is 0 Å². The Bertz CT molecular complexity index is 1270. The van der Waals surface area contributed by atoms with Gasteiger partial charge in [0.15, 0.2) is 0 Å². The largest absolute Gasteiger partial charge is 0.497 e. The number of benzene rings is 3. The van der Waals surface area contributed by atoms with Gasteiger partial charge in [-0.1, -0.05) is 35.9 Å². The van der Waals surface area contributed by atoms with Crippen molar-refractivity contribution in [2.45, 2.75) is 18.6 Å². The van der Waals surface area contributed by atoms with Crippen LogP contribution in [0.15, 0.2) is 66.7 Å². The van der Waals surface area contributed by atoms with Gasteiger partial charge in [0.2, 0.25) is 5.91 Å². The quantitative estimate of drug-likeness (QED) is 0.395. The van der Waals surface area contributed by atoms with Crippen LogP contribution in [0.3, 0.4) is 0 Å². The number of halogens is 1. The van der Waals surface area contributed by atoms with Crippen LogP contribution in [0.2, 0.25) is 5.02 Å². The van der Waals surface area contributed by atoms with Crippen molar-refractivity contribution in [1.82, 2.24) is 9.80 Å². The maximum atomic E-state index is 13.5. The van der Waals surface area contributed by atoms with E-state index in [-0.39, 0.29) is 12.5 Å². The molecule has 3 aromatic carbocycles. The molecule has 2 aliphatic rings. The number of imide groups is 1. The summed E-state index contributed by atoms with van der Waals surface area (Å²) in [5, 5.41) is 0.551. The van der Waals surface area contributed by atoms with Crippen molar-refractivity contribution in [3.8, 4) is 11.5 Å². The molecule has 0 aliphatic carbocycles. The smallest absolute Gasteiger partial charge is 0.262 e. The standard InChI is InChI=1S/C26H21ClN2O5/c1-33-18-12-9-16(21(13-18)34-2)14-28-22(15-7-10-17(27)11-8-15)23(26(28)32)29-24(30)19-5-3-4-6-20(19)25(29)31/h3-13,22-23H,14H2,1-2H3/t22-,23+/m1/s1. The molecule has 7 nitrogen and oxygen atoms in total. The molecule has 2 aliphatic heterocycles. The Labute approximate surface area is 201 Å². The lowest BCUT2D eigenvalue weighted by Crippen LogP contribution is -2.66. The average Bonchev–Trinajstić information content (AvgIpc) is 3.11. The molecule has 1 fully saturated rings. The number of carbonyl (C=O) groups is 3. The first-order valence-electron chi connectivity index (χ1n) is 10.7. The molecule has 3 aromatic rings. The van der Waals surface area contributed by atoms with Gasteiger partial charge in [-0.2, -0.15) is 0 Å². The highest BCUT2D eigenvalue weighted by atomic mass is 35.5. The van der Waals surface area contributed by atoms with Gasteiger partial charge in [0.1, 0.15) is 17.5 Å². The summed E-state index contributed by atoms with van der Waals surface area (Å²) in [5.41, 5.74) is 2.17. The van der Waals surface area contributed by atoms with Gasteiger partial charge in [0.25, 0.3) is 11.8 Å². The average molecular weight is 477 g/mol. The Morgan fingerprint density at radius 2 is 1.47 bits per heavy atom. The number of carbonyl (C=O) groups excluding carboxylic acids is 3. The number of β-lactam (4-membered cyclic amide) rings is 1. The van der Waals surface area contributed by atoms with Crippen LogP contribution in [0.5, 0.6) is 11.5 Å². The van der Waals surface area contributed by atoms with Crippen LogP contribution in [0.1, 0.15) is 37.9 Å². The first kappa shape index (κ1) is 22.0. The molecule has 172 valence electrons. The lowest BCUT2D eigenvalue weighted by Gasteiger charge is -2.50. The second kappa shape index (κ2) is 8.50. The molecule has 0 saturated carbocycles. The highest BCUT2D eigenvalue weighted by Gasteiger charge is 2.56. The van der Waals surface area contributed by atoms with Crippen molar-refractivity contribution >= 4 is 29.3 Å². The van der Waals surface area contributed by atoms with E-state index < -0.39 is 23.9 Å². The fourth-order valence-electron chi connectivity index (χ4n) is 4.61. The van der Waals surface area contributed by atoms with Crippen LogP contribution < -0.4 is 9.47 Å². The maximum Gasteiger partial charge on any atom is 0.262 e. The van der Waals surface area contributed by atoms with Gasteiger partial charge >= 0.3 is 0 Å². The molecule has 8 heteroatoms. The molecular formula is C26H21ClN2O5. The minimum Gasteiger partial charge on any atom is -0.497 e. The number of amides is 3. The fraction of sp³-hybridized carbons (Fsp3) is 0.192. The molecule has 34 heavy (non-hydrogen) atoms. The Balaban J connectivity index is 1.52. The Morgan fingerprint density at radius 3 is 2.06 bits per heavy atom. The summed E-state index contributed by atoms with van der Waals surface area (Å²) in [4.78, 5) is 42.5. The number of hydrogen-bond donors (Lipinski definition) is 0. The second-order valence-corrected chi connectivity index (χ2v) is 8.55. The number of rotatable bonds is 6. The Morgan fingerprint density at radius 1 is 0.824 bits per heavy atom. The molecule has 2 atom stereocenters.